The highest BCUT2D eigenvalue weighted by molar-refractivity contribution is 9.10. The third kappa shape index (κ3) is 6.81. The van der Waals surface area contributed by atoms with Crippen molar-refractivity contribution in [3.63, 3.8) is 0 Å². The third-order valence-electron chi connectivity index (χ3n) is 7.71. The summed E-state index contributed by atoms with van der Waals surface area (Å²) < 4.78 is 13.5. The fourth-order valence-corrected chi connectivity index (χ4v) is 6.43. The number of ether oxygens (including phenoxy) is 2. The normalized spacial score (nSPS) is 19.9. The van der Waals surface area contributed by atoms with Gasteiger partial charge in [-0.15, -0.1) is 0 Å². The van der Waals surface area contributed by atoms with Gasteiger partial charge in [0.15, 0.2) is 0 Å². The van der Waals surface area contributed by atoms with Gasteiger partial charge in [0.2, 0.25) is 0 Å². The summed E-state index contributed by atoms with van der Waals surface area (Å²) in [5.74, 6) is 0. The van der Waals surface area contributed by atoms with E-state index in [1.807, 2.05) is 32.9 Å². The van der Waals surface area contributed by atoms with Gasteiger partial charge in [0, 0.05) is 22.0 Å². The Morgan fingerprint density at radius 2 is 1.58 bits per heavy atom. The van der Waals surface area contributed by atoms with Crippen LogP contribution in [0.5, 0.6) is 0 Å². The smallest absolute Gasteiger partial charge is 0.410 e. The van der Waals surface area contributed by atoms with E-state index in [9.17, 15) is 15.0 Å². The predicted octanol–water partition coefficient (Wildman–Crippen LogP) is 7.30. The lowest BCUT2D eigenvalue weighted by Gasteiger charge is -2.39. The number of likely N-dealkylation sites (tertiary alicyclic amines) is 1. The summed E-state index contributed by atoms with van der Waals surface area (Å²) >= 11 is 6.97. The first kappa shape index (κ1) is 29.5. The number of halogens is 2. The molecule has 3 aliphatic rings. The molecule has 1 saturated heterocycles. The summed E-state index contributed by atoms with van der Waals surface area (Å²) in [7, 11) is 0. The number of nitrogens with zero attached hydrogens (tertiary/aromatic N) is 1. The van der Waals surface area contributed by atoms with Gasteiger partial charge >= 0.3 is 6.09 Å². The monoisotopic (exact) mass is 651 g/mol. The van der Waals surface area contributed by atoms with Crippen LogP contribution in [0.4, 0.5) is 4.79 Å². The van der Waals surface area contributed by atoms with Crippen molar-refractivity contribution in [3.8, 4) is 0 Å². The number of aliphatic hydroxyl groups is 2. The summed E-state index contributed by atoms with van der Waals surface area (Å²) in [4.78, 5) is 13.7. The molecule has 0 radical (unpaired) electrons. The number of carbonyl (C=O) groups excluding carboxylic acids is 1. The molecule has 2 heterocycles. The third-order valence-corrected chi connectivity index (χ3v) is 8.70. The van der Waals surface area contributed by atoms with E-state index in [0.717, 1.165) is 16.6 Å². The molecule has 1 amide bonds. The van der Waals surface area contributed by atoms with Gasteiger partial charge in [0.1, 0.15) is 5.60 Å². The number of fused-ring (bicyclic) bond motifs is 2. The second kappa shape index (κ2) is 12.0. The van der Waals surface area contributed by atoms with Crippen LogP contribution < -0.4 is 0 Å². The Balaban J connectivity index is 0.000000192. The van der Waals surface area contributed by atoms with Crippen LogP contribution in [0.25, 0.3) is 0 Å². The summed E-state index contributed by atoms with van der Waals surface area (Å²) in [6.45, 7) is 7.02. The Morgan fingerprint density at radius 1 is 0.974 bits per heavy atom. The molecule has 208 valence electrons. The molecule has 1 aliphatic carbocycles. The van der Waals surface area contributed by atoms with E-state index in [2.05, 4.69) is 50.1 Å². The van der Waals surface area contributed by atoms with Crippen LogP contribution in [0.1, 0.15) is 88.0 Å². The highest BCUT2D eigenvalue weighted by Gasteiger charge is 2.41. The molecule has 2 aromatic rings. The first-order chi connectivity index (χ1) is 17.9. The maximum absolute atomic E-state index is 12.1. The molecule has 2 fully saturated rings. The molecule has 1 saturated carbocycles. The van der Waals surface area contributed by atoms with Crippen molar-refractivity contribution in [2.45, 2.75) is 95.7 Å². The van der Waals surface area contributed by atoms with Crippen LogP contribution >= 0.6 is 31.9 Å². The molecular formula is C30H39Br2NO5. The summed E-state index contributed by atoms with van der Waals surface area (Å²) in [6, 6.07) is 12.1. The first-order valence-electron chi connectivity index (χ1n) is 13.5. The van der Waals surface area contributed by atoms with Crippen molar-refractivity contribution < 1.29 is 24.5 Å². The summed E-state index contributed by atoms with van der Waals surface area (Å²) in [5, 5.41) is 20.5. The van der Waals surface area contributed by atoms with Gasteiger partial charge < -0.3 is 24.6 Å². The Bertz CT molecular complexity index is 1130. The summed E-state index contributed by atoms with van der Waals surface area (Å²) in [6.07, 6.45) is 6.88. The minimum Gasteiger partial charge on any atom is -0.444 e. The number of benzene rings is 2. The molecule has 0 atom stereocenters. The largest absolute Gasteiger partial charge is 0.444 e. The van der Waals surface area contributed by atoms with E-state index < -0.39 is 11.2 Å². The maximum atomic E-state index is 12.1. The van der Waals surface area contributed by atoms with Gasteiger partial charge in [-0.2, -0.15) is 0 Å². The summed E-state index contributed by atoms with van der Waals surface area (Å²) in [5.41, 5.74) is 2.76. The molecule has 5 rings (SSSR count). The van der Waals surface area contributed by atoms with Crippen LogP contribution in [0.3, 0.4) is 0 Å². The average Bonchev–Trinajstić information content (AvgIpc) is 3.21. The van der Waals surface area contributed by atoms with Crippen molar-refractivity contribution >= 4 is 38.0 Å². The van der Waals surface area contributed by atoms with Crippen molar-refractivity contribution in [1.29, 1.82) is 0 Å². The Hall–Kier alpha value is -1.45. The van der Waals surface area contributed by atoms with Crippen molar-refractivity contribution in [2.75, 3.05) is 13.1 Å². The fraction of sp³-hybridized carbons (Fsp3) is 0.567. The quantitative estimate of drug-likeness (QED) is 0.356. The SMILES string of the molecule is Brc1ccc2c(c1)C1(CCCCC1)OC2.CC(C)(C)OC(=O)N1CCC(O)(c2cc(Br)ccc2CO)CC1. The number of aliphatic hydroxyl groups excluding tert-OH is 1. The number of amides is 1. The molecule has 6 nitrogen and oxygen atoms in total. The maximum Gasteiger partial charge on any atom is 0.410 e. The van der Waals surface area contributed by atoms with Gasteiger partial charge in [0.05, 0.1) is 24.4 Å². The van der Waals surface area contributed by atoms with Crippen molar-refractivity contribution in [3.05, 3.63) is 67.6 Å². The standard InChI is InChI=1S/C17H24BrNO4.C13H15BrO/c1-16(2,3)23-15(21)19-8-6-17(22,7-9-19)14-10-13(18)5-4-12(14)11-20;14-11-5-4-10-9-15-13(12(10)8-11)6-2-1-3-7-13/h4-5,10,20,22H,6-9,11H2,1-3H3;4-5,8H,1-3,6-7,9H2. The molecular weight excluding hydrogens is 614 g/mol. The van der Waals surface area contributed by atoms with Crippen LogP contribution in [0, 0.1) is 0 Å². The molecule has 0 aromatic heterocycles. The van der Waals surface area contributed by atoms with E-state index in [1.165, 1.54) is 47.7 Å². The molecule has 0 bridgehead atoms. The second-order valence-electron chi connectivity index (χ2n) is 11.6. The Morgan fingerprint density at radius 3 is 2.18 bits per heavy atom. The van der Waals surface area contributed by atoms with Gasteiger partial charge in [-0.05, 0) is 93.0 Å². The molecule has 0 unspecified atom stereocenters. The molecule has 2 N–H and O–H groups in total. The first-order valence-corrected chi connectivity index (χ1v) is 15.1. The van der Waals surface area contributed by atoms with Gasteiger partial charge in [-0.3, -0.25) is 0 Å². The van der Waals surface area contributed by atoms with Gasteiger partial charge in [-0.1, -0.05) is 63.3 Å². The van der Waals surface area contributed by atoms with Crippen molar-refractivity contribution in [1.82, 2.24) is 4.90 Å². The predicted molar refractivity (Wildman–Crippen MR) is 155 cm³/mol. The van der Waals surface area contributed by atoms with E-state index in [1.54, 1.807) is 11.0 Å². The minimum atomic E-state index is -1.04. The lowest BCUT2D eigenvalue weighted by atomic mass is 9.79. The lowest BCUT2D eigenvalue weighted by molar-refractivity contribution is -0.0638. The number of carbonyl (C=O) groups is 1. The lowest BCUT2D eigenvalue weighted by Crippen LogP contribution is -2.47. The molecule has 8 heteroatoms. The van der Waals surface area contributed by atoms with Crippen LogP contribution in [0.15, 0.2) is 45.3 Å². The number of piperidine rings is 1. The number of hydrogen-bond donors (Lipinski definition) is 2. The molecule has 1 spiro atoms. The topological polar surface area (TPSA) is 79.2 Å². The van der Waals surface area contributed by atoms with Gasteiger partial charge in [0.25, 0.3) is 0 Å². The number of hydrogen-bond acceptors (Lipinski definition) is 5. The zero-order valence-corrected chi connectivity index (χ0v) is 25.7. The zero-order valence-electron chi connectivity index (χ0n) is 22.6. The second-order valence-corrected chi connectivity index (χ2v) is 13.4. The van der Waals surface area contributed by atoms with Crippen LogP contribution in [-0.2, 0) is 33.9 Å². The fourth-order valence-electron chi connectivity index (χ4n) is 5.70. The Kier molecular flexibility index (Phi) is 9.30. The molecule has 2 aromatic carbocycles. The van der Waals surface area contributed by atoms with Crippen molar-refractivity contribution in [2.24, 2.45) is 0 Å². The molecule has 38 heavy (non-hydrogen) atoms. The highest BCUT2D eigenvalue weighted by Crippen LogP contribution is 2.47. The Labute approximate surface area is 243 Å². The van der Waals surface area contributed by atoms with E-state index in [4.69, 9.17) is 9.47 Å². The number of rotatable bonds is 2. The van der Waals surface area contributed by atoms with Crippen LogP contribution in [-0.4, -0.2) is 39.9 Å². The molecule has 2 aliphatic heterocycles. The van der Waals surface area contributed by atoms with E-state index in [0.29, 0.717) is 31.5 Å². The van der Waals surface area contributed by atoms with Crippen LogP contribution in [0.2, 0.25) is 0 Å². The highest BCUT2D eigenvalue weighted by atomic mass is 79.9. The minimum absolute atomic E-state index is 0.0668. The zero-order chi connectivity index (χ0) is 27.6. The van der Waals surface area contributed by atoms with Gasteiger partial charge in [-0.25, -0.2) is 4.79 Å². The van der Waals surface area contributed by atoms with E-state index >= 15 is 0 Å². The van der Waals surface area contributed by atoms with E-state index in [-0.39, 0.29) is 18.3 Å². The average molecular weight is 653 g/mol.